The van der Waals surface area contributed by atoms with Crippen molar-refractivity contribution in [3.63, 3.8) is 0 Å². The molecule has 5 nitrogen and oxygen atoms in total. The Morgan fingerprint density at radius 3 is 2.58 bits per heavy atom. The second-order valence-corrected chi connectivity index (χ2v) is 7.65. The minimum absolute atomic E-state index is 0. The molecule has 2 rings (SSSR count). The summed E-state index contributed by atoms with van der Waals surface area (Å²) in [6, 6.07) is 4.84. The van der Waals surface area contributed by atoms with Gasteiger partial charge in [0.15, 0.2) is 5.96 Å². The molecule has 2 N–H and O–H groups in total. The monoisotopic (exact) mass is 542 g/mol. The molecule has 148 valence electrons. The summed E-state index contributed by atoms with van der Waals surface area (Å²) in [5.41, 5.74) is 0.832. The zero-order valence-corrected chi connectivity index (χ0v) is 19.6. The predicted octanol–water partition coefficient (Wildman–Crippen LogP) is 3.37. The molecule has 1 aromatic carbocycles. The smallest absolute Gasteiger partial charge is 0.191 e. The molecule has 0 saturated carbocycles. The number of guanidine groups is 1. The van der Waals surface area contributed by atoms with Crippen LogP contribution < -0.4 is 10.6 Å². The van der Waals surface area contributed by atoms with Gasteiger partial charge in [-0.1, -0.05) is 15.9 Å². The van der Waals surface area contributed by atoms with Crippen LogP contribution in [0.4, 0.5) is 4.39 Å². The van der Waals surface area contributed by atoms with Crippen LogP contribution in [0, 0.1) is 5.82 Å². The lowest BCUT2D eigenvalue weighted by Gasteiger charge is -2.41. The first-order valence-electron chi connectivity index (χ1n) is 8.70. The van der Waals surface area contributed by atoms with Gasteiger partial charge in [0.25, 0.3) is 0 Å². The largest absolute Gasteiger partial charge is 0.379 e. The minimum atomic E-state index is -0.258. The van der Waals surface area contributed by atoms with Crippen molar-refractivity contribution in [2.24, 2.45) is 4.99 Å². The predicted molar refractivity (Wildman–Crippen MR) is 119 cm³/mol. The number of hydrogen-bond donors (Lipinski definition) is 2. The number of aliphatic imine (C=N–C) groups is 1. The number of halogens is 3. The third-order valence-corrected chi connectivity index (χ3v) is 4.70. The fourth-order valence-corrected chi connectivity index (χ4v) is 3.31. The van der Waals surface area contributed by atoms with Crippen molar-refractivity contribution in [1.82, 2.24) is 15.5 Å². The van der Waals surface area contributed by atoms with E-state index in [2.05, 4.69) is 50.3 Å². The first-order valence-corrected chi connectivity index (χ1v) is 9.50. The van der Waals surface area contributed by atoms with Crippen molar-refractivity contribution in [3.8, 4) is 0 Å². The van der Waals surface area contributed by atoms with E-state index >= 15 is 0 Å². The summed E-state index contributed by atoms with van der Waals surface area (Å²) in [5, 5.41) is 6.66. The number of nitrogens with zero attached hydrogens (tertiary/aromatic N) is 2. The SMILES string of the molecule is CCNC(=NCc1cc(F)cc(Br)c1)NCC(C)(C)N1CCOCC1.I. The molecule has 0 spiro atoms. The highest BCUT2D eigenvalue weighted by atomic mass is 127. The molecule has 0 atom stereocenters. The molecule has 0 unspecified atom stereocenters. The third kappa shape index (κ3) is 7.66. The molecule has 0 aromatic heterocycles. The van der Waals surface area contributed by atoms with E-state index in [0.717, 1.165) is 55.4 Å². The molecule has 1 aliphatic heterocycles. The number of ether oxygens (including phenoxy) is 1. The standard InChI is InChI=1S/C18H28BrFN4O.HI/c1-4-21-17(22-12-14-9-15(19)11-16(20)10-14)23-13-18(2,3)24-5-7-25-8-6-24;/h9-11H,4-8,12-13H2,1-3H3,(H2,21,22,23);1H. The number of benzene rings is 1. The summed E-state index contributed by atoms with van der Waals surface area (Å²) in [4.78, 5) is 7.01. The van der Waals surface area contributed by atoms with Gasteiger partial charge >= 0.3 is 0 Å². The van der Waals surface area contributed by atoms with Gasteiger partial charge in [-0.25, -0.2) is 9.38 Å². The van der Waals surface area contributed by atoms with Crippen LogP contribution in [0.1, 0.15) is 26.3 Å². The zero-order chi connectivity index (χ0) is 18.3. The van der Waals surface area contributed by atoms with E-state index in [9.17, 15) is 4.39 Å². The van der Waals surface area contributed by atoms with Crippen molar-refractivity contribution in [2.45, 2.75) is 32.9 Å². The summed E-state index contributed by atoms with van der Waals surface area (Å²) < 4.78 is 19.6. The summed E-state index contributed by atoms with van der Waals surface area (Å²) in [6.45, 7) is 11.9. The number of hydrogen-bond acceptors (Lipinski definition) is 3. The van der Waals surface area contributed by atoms with Gasteiger partial charge in [-0.2, -0.15) is 0 Å². The Morgan fingerprint density at radius 1 is 1.27 bits per heavy atom. The highest BCUT2D eigenvalue weighted by Gasteiger charge is 2.28. The Kier molecular flexibility index (Phi) is 10.3. The van der Waals surface area contributed by atoms with Crippen LogP contribution in [0.25, 0.3) is 0 Å². The van der Waals surface area contributed by atoms with Gasteiger partial charge in [-0.3, -0.25) is 4.90 Å². The van der Waals surface area contributed by atoms with E-state index in [0.29, 0.717) is 6.54 Å². The molecule has 1 fully saturated rings. The van der Waals surface area contributed by atoms with Gasteiger partial charge in [0.2, 0.25) is 0 Å². The molecule has 0 radical (unpaired) electrons. The number of nitrogens with one attached hydrogen (secondary N) is 2. The van der Waals surface area contributed by atoms with Gasteiger partial charge < -0.3 is 15.4 Å². The van der Waals surface area contributed by atoms with Crippen molar-refractivity contribution >= 4 is 45.9 Å². The Hall–Kier alpha value is -0.450. The van der Waals surface area contributed by atoms with Crippen LogP contribution >= 0.6 is 39.9 Å². The lowest BCUT2D eigenvalue weighted by Crippen LogP contribution is -2.56. The fourth-order valence-electron chi connectivity index (χ4n) is 2.79. The molecule has 0 bridgehead atoms. The normalized spacial score (nSPS) is 16.1. The highest BCUT2D eigenvalue weighted by Crippen LogP contribution is 2.16. The average molecular weight is 543 g/mol. The van der Waals surface area contributed by atoms with Crippen LogP contribution in [0.2, 0.25) is 0 Å². The molecule has 26 heavy (non-hydrogen) atoms. The van der Waals surface area contributed by atoms with Gasteiger partial charge in [0, 0.05) is 36.2 Å². The molecule has 1 saturated heterocycles. The second-order valence-electron chi connectivity index (χ2n) is 6.74. The quantitative estimate of drug-likeness (QED) is 0.329. The Bertz CT molecular complexity index is 574. The molecule has 0 amide bonds. The van der Waals surface area contributed by atoms with Gasteiger partial charge in [0.05, 0.1) is 19.8 Å². The van der Waals surface area contributed by atoms with E-state index in [1.807, 2.05) is 13.0 Å². The Labute approximate surface area is 181 Å². The van der Waals surface area contributed by atoms with Gasteiger partial charge in [-0.05, 0) is 44.5 Å². The lowest BCUT2D eigenvalue weighted by molar-refractivity contribution is -0.00834. The lowest BCUT2D eigenvalue weighted by atomic mass is 10.0. The summed E-state index contributed by atoms with van der Waals surface area (Å²) in [6.07, 6.45) is 0. The maximum atomic E-state index is 13.5. The van der Waals surface area contributed by atoms with Crippen LogP contribution in [0.5, 0.6) is 0 Å². The van der Waals surface area contributed by atoms with Crippen molar-refractivity contribution in [3.05, 3.63) is 34.1 Å². The second kappa shape index (κ2) is 11.4. The topological polar surface area (TPSA) is 48.9 Å². The van der Waals surface area contributed by atoms with Crippen molar-refractivity contribution in [1.29, 1.82) is 0 Å². The molecule has 1 aliphatic rings. The fraction of sp³-hybridized carbons (Fsp3) is 0.611. The van der Waals surface area contributed by atoms with E-state index < -0.39 is 0 Å². The first-order chi connectivity index (χ1) is 11.9. The maximum absolute atomic E-state index is 13.5. The van der Waals surface area contributed by atoms with Crippen molar-refractivity contribution < 1.29 is 9.13 Å². The van der Waals surface area contributed by atoms with Crippen LogP contribution in [-0.4, -0.2) is 55.8 Å². The molecule has 0 aliphatic carbocycles. The van der Waals surface area contributed by atoms with Crippen molar-refractivity contribution in [2.75, 3.05) is 39.4 Å². The average Bonchev–Trinajstić information content (AvgIpc) is 2.57. The van der Waals surface area contributed by atoms with Gasteiger partial charge in [-0.15, -0.1) is 24.0 Å². The molecular formula is C18H29BrFIN4O. The Morgan fingerprint density at radius 2 is 1.96 bits per heavy atom. The third-order valence-electron chi connectivity index (χ3n) is 4.24. The van der Waals surface area contributed by atoms with E-state index in [-0.39, 0.29) is 35.3 Å². The van der Waals surface area contributed by atoms with Crippen LogP contribution in [0.15, 0.2) is 27.7 Å². The summed E-state index contributed by atoms with van der Waals surface area (Å²) in [5.74, 6) is 0.482. The zero-order valence-electron chi connectivity index (χ0n) is 15.6. The Balaban J connectivity index is 0.00000338. The van der Waals surface area contributed by atoms with Gasteiger partial charge in [0.1, 0.15) is 5.82 Å². The first kappa shape index (κ1) is 23.6. The highest BCUT2D eigenvalue weighted by molar-refractivity contribution is 14.0. The summed E-state index contributed by atoms with van der Waals surface area (Å²) >= 11 is 3.32. The molecule has 1 heterocycles. The van der Waals surface area contributed by atoms with Crippen LogP contribution in [-0.2, 0) is 11.3 Å². The molecule has 1 aromatic rings. The van der Waals surface area contributed by atoms with Crippen LogP contribution in [0.3, 0.4) is 0 Å². The van der Waals surface area contributed by atoms with E-state index in [1.165, 1.54) is 12.1 Å². The summed E-state index contributed by atoms with van der Waals surface area (Å²) in [7, 11) is 0. The number of rotatable bonds is 6. The molecular weight excluding hydrogens is 514 g/mol. The molecule has 8 heteroatoms. The minimum Gasteiger partial charge on any atom is -0.379 e. The van der Waals surface area contributed by atoms with E-state index in [4.69, 9.17) is 4.74 Å². The van der Waals surface area contributed by atoms with E-state index in [1.54, 1.807) is 0 Å². The maximum Gasteiger partial charge on any atom is 0.191 e. The number of morpholine rings is 1.